The van der Waals surface area contributed by atoms with Crippen molar-refractivity contribution in [1.82, 2.24) is 9.88 Å². The summed E-state index contributed by atoms with van der Waals surface area (Å²) in [7, 11) is 0. The molecule has 2 heterocycles. The van der Waals surface area contributed by atoms with Crippen LogP contribution in [0.4, 0.5) is 4.39 Å². The third kappa shape index (κ3) is 3.14. The van der Waals surface area contributed by atoms with Gasteiger partial charge in [0.05, 0.1) is 12.7 Å². The van der Waals surface area contributed by atoms with Crippen LogP contribution in [0, 0.1) is 11.7 Å². The maximum absolute atomic E-state index is 12.9. The normalized spacial score (nSPS) is 22.8. The first-order valence-electron chi connectivity index (χ1n) is 7.30. The van der Waals surface area contributed by atoms with E-state index in [0.29, 0.717) is 30.2 Å². The summed E-state index contributed by atoms with van der Waals surface area (Å²) >= 11 is 0. The van der Waals surface area contributed by atoms with Gasteiger partial charge in [0, 0.05) is 18.2 Å². The van der Waals surface area contributed by atoms with Crippen molar-refractivity contribution in [2.75, 3.05) is 13.1 Å². The zero-order valence-corrected chi connectivity index (χ0v) is 12.1. The Balaban J connectivity index is 1.69. The molecule has 2 atom stereocenters. The lowest BCUT2D eigenvalue weighted by atomic mass is 10.1. The third-order valence-electron chi connectivity index (χ3n) is 4.14. The summed E-state index contributed by atoms with van der Waals surface area (Å²) in [6.07, 6.45) is 2.83. The standard InChI is InChI=1S/C16H20FN3O/c1-11-6-12(7-18)9-20(11)10-16-19-8-15(21-16)13-2-4-14(17)5-3-13/h2-5,8,11-12H,6-7,9-10,18H2,1H3. The summed E-state index contributed by atoms with van der Waals surface area (Å²) in [5.41, 5.74) is 6.59. The minimum absolute atomic E-state index is 0.253. The maximum Gasteiger partial charge on any atom is 0.209 e. The summed E-state index contributed by atoms with van der Waals surface area (Å²) in [4.78, 5) is 6.68. The van der Waals surface area contributed by atoms with Crippen molar-refractivity contribution >= 4 is 0 Å². The molecule has 112 valence electrons. The Hall–Kier alpha value is -1.72. The third-order valence-corrected chi connectivity index (χ3v) is 4.14. The molecule has 1 saturated heterocycles. The molecule has 4 nitrogen and oxygen atoms in total. The van der Waals surface area contributed by atoms with E-state index < -0.39 is 0 Å². The number of aromatic nitrogens is 1. The van der Waals surface area contributed by atoms with E-state index in [4.69, 9.17) is 10.2 Å². The molecule has 1 aromatic carbocycles. The van der Waals surface area contributed by atoms with E-state index in [1.165, 1.54) is 12.1 Å². The van der Waals surface area contributed by atoms with Crippen LogP contribution in [0.5, 0.6) is 0 Å². The van der Waals surface area contributed by atoms with E-state index in [1.54, 1.807) is 18.3 Å². The van der Waals surface area contributed by atoms with Gasteiger partial charge in [0.1, 0.15) is 5.82 Å². The number of hydrogen-bond donors (Lipinski definition) is 1. The first-order chi connectivity index (χ1) is 10.2. The van der Waals surface area contributed by atoms with Gasteiger partial charge in [-0.05, 0) is 50.1 Å². The fourth-order valence-electron chi connectivity index (χ4n) is 2.91. The second-order valence-electron chi connectivity index (χ2n) is 5.74. The van der Waals surface area contributed by atoms with E-state index in [0.717, 1.165) is 25.1 Å². The zero-order valence-electron chi connectivity index (χ0n) is 12.1. The van der Waals surface area contributed by atoms with Gasteiger partial charge in [-0.15, -0.1) is 0 Å². The summed E-state index contributed by atoms with van der Waals surface area (Å²) in [5.74, 6) is 1.68. The number of nitrogens with zero attached hydrogens (tertiary/aromatic N) is 2. The van der Waals surface area contributed by atoms with Crippen LogP contribution in [0.2, 0.25) is 0 Å². The van der Waals surface area contributed by atoms with Gasteiger partial charge >= 0.3 is 0 Å². The van der Waals surface area contributed by atoms with Crippen molar-refractivity contribution in [3.8, 4) is 11.3 Å². The predicted molar refractivity (Wildman–Crippen MR) is 78.9 cm³/mol. The molecule has 1 aliphatic rings. The van der Waals surface area contributed by atoms with E-state index in [-0.39, 0.29) is 5.82 Å². The molecule has 21 heavy (non-hydrogen) atoms. The Labute approximate surface area is 123 Å². The van der Waals surface area contributed by atoms with Gasteiger partial charge < -0.3 is 10.2 Å². The van der Waals surface area contributed by atoms with Gasteiger partial charge in [0.25, 0.3) is 0 Å². The number of oxazole rings is 1. The minimum Gasteiger partial charge on any atom is -0.439 e. The molecule has 2 unspecified atom stereocenters. The molecule has 1 fully saturated rings. The molecule has 0 amide bonds. The van der Waals surface area contributed by atoms with Crippen LogP contribution in [-0.2, 0) is 6.54 Å². The molecule has 1 aromatic heterocycles. The molecule has 0 saturated carbocycles. The second-order valence-corrected chi connectivity index (χ2v) is 5.74. The fourth-order valence-corrected chi connectivity index (χ4v) is 2.91. The average molecular weight is 289 g/mol. The molecule has 2 N–H and O–H groups in total. The fraction of sp³-hybridized carbons (Fsp3) is 0.438. The highest BCUT2D eigenvalue weighted by atomic mass is 19.1. The first kappa shape index (κ1) is 14.2. The van der Waals surface area contributed by atoms with E-state index in [9.17, 15) is 4.39 Å². The van der Waals surface area contributed by atoms with E-state index in [2.05, 4.69) is 16.8 Å². The molecule has 0 aliphatic carbocycles. The average Bonchev–Trinajstić information content (AvgIpc) is 3.08. The maximum atomic E-state index is 12.9. The van der Waals surface area contributed by atoms with Crippen LogP contribution < -0.4 is 5.73 Å². The van der Waals surface area contributed by atoms with Gasteiger partial charge in [-0.25, -0.2) is 9.37 Å². The summed E-state index contributed by atoms with van der Waals surface area (Å²) in [6.45, 7) is 4.62. The predicted octanol–water partition coefficient (Wildman–Crippen LogP) is 2.65. The van der Waals surface area contributed by atoms with Crippen molar-refractivity contribution in [2.45, 2.75) is 25.9 Å². The smallest absolute Gasteiger partial charge is 0.209 e. The minimum atomic E-state index is -0.253. The van der Waals surface area contributed by atoms with Crippen LogP contribution >= 0.6 is 0 Å². The van der Waals surface area contributed by atoms with Gasteiger partial charge in [-0.2, -0.15) is 0 Å². The monoisotopic (exact) mass is 289 g/mol. The Morgan fingerprint density at radius 3 is 2.81 bits per heavy atom. The number of nitrogens with two attached hydrogens (primary N) is 1. The van der Waals surface area contributed by atoms with Crippen LogP contribution in [0.3, 0.4) is 0 Å². The lowest BCUT2D eigenvalue weighted by Gasteiger charge is -2.18. The summed E-state index contributed by atoms with van der Waals surface area (Å²) < 4.78 is 18.7. The van der Waals surface area contributed by atoms with Crippen molar-refractivity contribution in [3.63, 3.8) is 0 Å². The Bertz CT molecular complexity index is 596. The van der Waals surface area contributed by atoms with E-state index in [1.807, 2.05) is 0 Å². The van der Waals surface area contributed by atoms with Crippen molar-refractivity contribution in [2.24, 2.45) is 11.7 Å². The van der Waals surface area contributed by atoms with Gasteiger partial charge in [-0.1, -0.05) is 0 Å². The Morgan fingerprint density at radius 1 is 1.38 bits per heavy atom. The Morgan fingerprint density at radius 2 is 2.14 bits per heavy atom. The van der Waals surface area contributed by atoms with Crippen LogP contribution in [0.1, 0.15) is 19.2 Å². The lowest BCUT2D eigenvalue weighted by molar-refractivity contribution is 0.231. The van der Waals surface area contributed by atoms with Crippen LogP contribution in [0.15, 0.2) is 34.9 Å². The van der Waals surface area contributed by atoms with Crippen LogP contribution in [0.25, 0.3) is 11.3 Å². The molecule has 1 aliphatic heterocycles. The highest BCUT2D eigenvalue weighted by Gasteiger charge is 2.28. The van der Waals surface area contributed by atoms with Gasteiger partial charge in [0.15, 0.2) is 5.76 Å². The number of rotatable bonds is 4. The molecule has 0 radical (unpaired) electrons. The molecule has 5 heteroatoms. The molecule has 0 spiro atoms. The highest BCUT2D eigenvalue weighted by molar-refractivity contribution is 5.55. The molecule has 3 rings (SSSR count). The lowest BCUT2D eigenvalue weighted by Crippen LogP contribution is -2.27. The van der Waals surface area contributed by atoms with Crippen LogP contribution in [-0.4, -0.2) is 29.0 Å². The SMILES string of the molecule is CC1CC(CN)CN1Cc1ncc(-c2ccc(F)cc2)o1. The molecule has 0 bridgehead atoms. The quantitative estimate of drug-likeness (QED) is 0.940. The second kappa shape index (κ2) is 5.95. The Kier molecular flexibility index (Phi) is 4.03. The number of benzene rings is 1. The summed E-state index contributed by atoms with van der Waals surface area (Å²) in [5, 5.41) is 0. The van der Waals surface area contributed by atoms with Crippen molar-refractivity contribution < 1.29 is 8.81 Å². The zero-order chi connectivity index (χ0) is 14.8. The number of hydrogen-bond acceptors (Lipinski definition) is 4. The largest absolute Gasteiger partial charge is 0.439 e. The summed E-state index contributed by atoms with van der Waals surface area (Å²) in [6, 6.07) is 6.74. The highest BCUT2D eigenvalue weighted by Crippen LogP contribution is 2.26. The van der Waals surface area contributed by atoms with Gasteiger partial charge in [0.2, 0.25) is 5.89 Å². The van der Waals surface area contributed by atoms with Crippen molar-refractivity contribution in [3.05, 3.63) is 42.2 Å². The molecule has 2 aromatic rings. The molecular weight excluding hydrogens is 269 g/mol. The topological polar surface area (TPSA) is 55.3 Å². The van der Waals surface area contributed by atoms with Gasteiger partial charge in [-0.3, -0.25) is 4.90 Å². The van der Waals surface area contributed by atoms with E-state index >= 15 is 0 Å². The number of likely N-dealkylation sites (tertiary alicyclic amines) is 1. The first-order valence-corrected chi connectivity index (χ1v) is 7.30. The molecular formula is C16H20FN3O. The number of halogens is 1. The van der Waals surface area contributed by atoms with Crippen molar-refractivity contribution in [1.29, 1.82) is 0 Å².